The van der Waals surface area contributed by atoms with Gasteiger partial charge in [0.05, 0.1) is 13.2 Å². The van der Waals surface area contributed by atoms with Crippen LogP contribution in [0.4, 0.5) is 0 Å². The van der Waals surface area contributed by atoms with Crippen LogP contribution in [0.15, 0.2) is 43.7 Å². The van der Waals surface area contributed by atoms with Crippen LogP contribution in [-0.4, -0.2) is 89.4 Å². The van der Waals surface area contributed by atoms with Crippen molar-refractivity contribution < 1.29 is 38.9 Å². The van der Waals surface area contributed by atoms with Crippen molar-refractivity contribution in [2.75, 3.05) is 13.2 Å². The molecule has 2 aromatic heterocycles. The normalized spacial score (nSPS) is 33.4. The first kappa shape index (κ1) is 28.1. The first-order valence-corrected chi connectivity index (χ1v) is 14.5. The molecule has 2 aliphatic heterocycles. The molecule has 4 rings (SSSR count). The number of nitrogens with zero attached hydrogens (tertiary/aromatic N) is 2. The number of hydrogen-bond acceptors (Lipinski definition) is 13. The van der Waals surface area contributed by atoms with Gasteiger partial charge >= 0.3 is 11.4 Å². The van der Waals surface area contributed by atoms with E-state index in [-0.39, 0.29) is 0 Å². The van der Waals surface area contributed by atoms with E-state index in [1.165, 1.54) is 0 Å². The number of ether oxygens (including phenoxy) is 2. The molecule has 37 heavy (non-hydrogen) atoms. The molecule has 2 saturated heterocycles. The summed E-state index contributed by atoms with van der Waals surface area (Å²) in [5, 5.41) is 40.8. The van der Waals surface area contributed by atoms with E-state index < -0.39 is 90.5 Å². The highest BCUT2D eigenvalue weighted by Crippen LogP contribution is 2.57. The van der Waals surface area contributed by atoms with Crippen LogP contribution in [-0.2, 0) is 30.3 Å². The second-order valence-electron chi connectivity index (χ2n) is 8.15. The molecular formula is C18H23N4O12PS2. The molecule has 0 saturated carbocycles. The molecule has 4 heterocycles. The van der Waals surface area contributed by atoms with E-state index in [0.717, 1.165) is 33.7 Å². The number of nitrogens with one attached hydrogen (secondary N) is 2. The summed E-state index contributed by atoms with van der Waals surface area (Å²) < 4.78 is 24.1. The van der Waals surface area contributed by atoms with Crippen molar-refractivity contribution in [1.82, 2.24) is 19.1 Å². The fourth-order valence-electron chi connectivity index (χ4n) is 3.91. The molecule has 1 unspecified atom stereocenters. The number of thiol groups is 1. The maximum Gasteiger partial charge on any atom is 0.330 e. The molecule has 19 heteroatoms. The Hall–Kier alpha value is -1.96. The average molecular weight is 583 g/mol. The van der Waals surface area contributed by atoms with Gasteiger partial charge in [0.25, 0.3) is 11.1 Å². The Morgan fingerprint density at radius 1 is 0.919 bits per heavy atom. The van der Waals surface area contributed by atoms with Crippen LogP contribution in [0.3, 0.4) is 0 Å². The van der Waals surface area contributed by atoms with Crippen LogP contribution in [0.1, 0.15) is 12.5 Å². The molecule has 0 amide bonds. The van der Waals surface area contributed by atoms with E-state index in [1.807, 2.05) is 9.97 Å². The molecule has 2 aliphatic rings. The molecule has 9 atom stereocenters. The van der Waals surface area contributed by atoms with Crippen LogP contribution >= 0.6 is 17.9 Å². The lowest BCUT2D eigenvalue weighted by Crippen LogP contribution is -2.39. The Balaban J connectivity index is 1.47. The lowest BCUT2D eigenvalue weighted by atomic mass is 10.1. The quantitative estimate of drug-likeness (QED) is 0.119. The van der Waals surface area contributed by atoms with Crippen LogP contribution in [0.2, 0.25) is 0 Å². The molecule has 16 nitrogen and oxygen atoms in total. The zero-order valence-corrected chi connectivity index (χ0v) is 21.2. The SMILES string of the molecule is O=c1ccn([C@@H]2O[C@H](COP(=S)(S)O[C@@H]3[C@H](O)[C@@H](CO)O[C@H]3n3ccc(=O)[nH]c3=O)[C@@H](O)[C@H]2O)c(=O)[nH]1. The fraction of sp³-hybridized carbons (Fsp3) is 0.556. The van der Waals surface area contributed by atoms with Crippen molar-refractivity contribution in [3.05, 3.63) is 66.2 Å². The fourth-order valence-corrected chi connectivity index (χ4v) is 5.85. The van der Waals surface area contributed by atoms with Crippen molar-refractivity contribution in [2.45, 2.75) is 49.1 Å². The van der Waals surface area contributed by atoms with E-state index in [4.69, 9.17) is 30.3 Å². The number of aliphatic hydroxyl groups excluding tert-OH is 4. The van der Waals surface area contributed by atoms with Gasteiger partial charge in [-0.3, -0.25) is 28.7 Å². The smallest absolute Gasteiger partial charge is 0.330 e. The highest BCUT2D eigenvalue weighted by molar-refractivity contribution is 8.60. The van der Waals surface area contributed by atoms with Crippen molar-refractivity contribution in [1.29, 1.82) is 0 Å². The zero-order chi connectivity index (χ0) is 27.1. The van der Waals surface area contributed by atoms with Gasteiger partial charge in [-0.1, -0.05) is 12.2 Å². The number of aromatic amines is 2. The topological polar surface area (TPSA) is 228 Å². The van der Waals surface area contributed by atoms with Crippen molar-refractivity contribution in [2.24, 2.45) is 0 Å². The Bertz CT molecular complexity index is 1410. The van der Waals surface area contributed by atoms with Gasteiger partial charge in [-0.15, -0.1) is 0 Å². The second-order valence-corrected chi connectivity index (χ2v) is 13.4. The summed E-state index contributed by atoms with van der Waals surface area (Å²) in [5.41, 5.74) is -6.64. The molecule has 2 aromatic rings. The number of H-pyrrole nitrogens is 2. The maximum atomic E-state index is 12.2. The predicted molar refractivity (Wildman–Crippen MR) is 130 cm³/mol. The van der Waals surface area contributed by atoms with Crippen molar-refractivity contribution >= 4 is 29.7 Å². The Morgan fingerprint density at radius 3 is 2.00 bits per heavy atom. The minimum Gasteiger partial charge on any atom is -0.394 e. The third-order valence-corrected chi connectivity index (χ3v) is 7.93. The van der Waals surface area contributed by atoms with Crippen LogP contribution < -0.4 is 22.5 Å². The summed E-state index contributed by atoms with van der Waals surface area (Å²) in [6.45, 7) is -1.10. The van der Waals surface area contributed by atoms with Gasteiger partial charge in [-0.2, -0.15) is 0 Å². The van der Waals surface area contributed by atoms with Gasteiger partial charge in [-0.25, -0.2) is 9.59 Å². The van der Waals surface area contributed by atoms with E-state index >= 15 is 0 Å². The molecule has 0 radical (unpaired) electrons. The van der Waals surface area contributed by atoms with Gasteiger partial charge in [0, 0.05) is 24.5 Å². The number of aromatic nitrogens is 4. The second kappa shape index (κ2) is 11.0. The van der Waals surface area contributed by atoms with Crippen LogP contribution in [0.25, 0.3) is 0 Å². The number of hydrogen-bond donors (Lipinski definition) is 7. The molecule has 0 aliphatic carbocycles. The summed E-state index contributed by atoms with van der Waals surface area (Å²) >= 11 is 9.50. The molecular weight excluding hydrogens is 559 g/mol. The lowest BCUT2D eigenvalue weighted by Gasteiger charge is -2.27. The van der Waals surface area contributed by atoms with Gasteiger partial charge in [-0.05, 0) is 11.8 Å². The summed E-state index contributed by atoms with van der Waals surface area (Å²) in [7, 11) is 0. The maximum absolute atomic E-state index is 12.2. The lowest BCUT2D eigenvalue weighted by molar-refractivity contribution is -0.0569. The molecule has 0 aromatic carbocycles. The molecule has 6 N–H and O–H groups in total. The Kier molecular flexibility index (Phi) is 8.37. The number of aliphatic hydroxyl groups is 4. The summed E-state index contributed by atoms with van der Waals surface area (Å²) in [6, 6.07) is 2.08. The minimum absolute atomic E-state index is 0.468. The van der Waals surface area contributed by atoms with Gasteiger partial charge in [0.1, 0.15) is 36.6 Å². The summed E-state index contributed by atoms with van der Waals surface area (Å²) in [4.78, 5) is 51.0. The number of rotatable bonds is 8. The van der Waals surface area contributed by atoms with Gasteiger partial charge in [0.15, 0.2) is 12.5 Å². The van der Waals surface area contributed by atoms with Gasteiger partial charge in [0.2, 0.25) is 5.69 Å². The van der Waals surface area contributed by atoms with Crippen molar-refractivity contribution in [3.63, 3.8) is 0 Å². The standard InChI is InChI=1S/C18H23N4O12PS2/c23-5-7-12(27)14(16(32-7)22-4-2-10(25)20-18(22)30)34-35(36,37)31-6-8-11(26)13(28)15(33-8)21-3-1-9(24)19-17(21)29/h1-4,7-8,11-16,23,26-28H,5-6H2,(H,36,37)(H,19,24,29)(H,20,25,30)/t7-,8-,11-,12-,13-,14-,15-,16-/m1/s1. The van der Waals surface area contributed by atoms with E-state index in [2.05, 4.69) is 12.2 Å². The van der Waals surface area contributed by atoms with E-state index in [1.54, 1.807) is 0 Å². The summed E-state index contributed by atoms with van der Waals surface area (Å²) in [5.74, 6) is 0. The first-order chi connectivity index (χ1) is 17.4. The molecule has 0 spiro atoms. The van der Waals surface area contributed by atoms with Gasteiger partial charge < -0.3 is 38.9 Å². The van der Waals surface area contributed by atoms with Crippen molar-refractivity contribution in [3.8, 4) is 0 Å². The van der Waals surface area contributed by atoms with E-state index in [0.29, 0.717) is 0 Å². The summed E-state index contributed by atoms with van der Waals surface area (Å²) in [6.07, 6.45) is -8.76. The Morgan fingerprint density at radius 2 is 1.46 bits per heavy atom. The highest BCUT2D eigenvalue weighted by atomic mass is 32.9. The third kappa shape index (κ3) is 5.89. The average Bonchev–Trinajstić information content (AvgIpc) is 3.28. The first-order valence-electron chi connectivity index (χ1n) is 10.7. The van der Waals surface area contributed by atoms with E-state index in [9.17, 15) is 39.6 Å². The van der Waals surface area contributed by atoms with Crippen LogP contribution in [0, 0.1) is 0 Å². The molecule has 0 bridgehead atoms. The monoisotopic (exact) mass is 582 g/mol. The molecule has 204 valence electrons. The highest BCUT2D eigenvalue weighted by Gasteiger charge is 2.49. The Labute approximate surface area is 216 Å². The minimum atomic E-state index is -3.57. The van der Waals surface area contributed by atoms with Crippen LogP contribution in [0.5, 0.6) is 0 Å². The zero-order valence-electron chi connectivity index (χ0n) is 18.6. The molecule has 2 fully saturated rings. The predicted octanol–water partition coefficient (Wildman–Crippen LogP) is -3.49. The third-order valence-electron chi connectivity index (χ3n) is 5.74. The largest absolute Gasteiger partial charge is 0.394 e.